The molecule has 0 unspecified atom stereocenters. The van der Waals surface area contributed by atoms with Gasteiger partial charge in [0.25, 0.3) is 0 Å². The van der Waals surface area contributed by atoms with Crippen molar-refractivity contribution in [1.82, 2.24) is 4.98 Å². The second-order valence-corrected chi connectivity index (χ2v) is 5.53. The van der Waals surface area contributed by atoms with Gasteiger partial charge < -0.3 is 10.5 Å². The van der Waals surface area contributed by atoms with Crippen molar-refractivity contribution in [3.63, 3.8) is 0 Å². The van der Waals surface area contributed by atoms with E-state index in [0.29, 0.717) is 24.5 Å². The lowest BCUT2D eigenvalue weighted by atomic mass is 10.1. The molecule has 0 bridgehead atoms. The van der Waals surface area contributed by atoms with E-state index in [4.69, 9.17) is 10.5 Å². The Morgan fingerprint density at radius 2 is 2.00 bits per heavy atom. The zero-order chi connectivity index (χ0) is 14.9. The maximum absolute atomic E-state index is 13.8. The van der Waals surface area contributed by atoms with Gasteiger partial charge in [0.1, 0.15) is 17.4 Å². The van der Waals surface area contributed by atoms with Crippen LogP contribution in [0.4, 0.5) is 8.78 Å². The molecule has 0 atom stereocenters. The van der Waals surface area contributed by atoms with Gasteiger partial charge in [-0.3, -0.25) is 4.98 Å². The first-order chi connectivity index (χ1) is 10.1. The molecule has 110 valence electrons. The topological polar surface area (TPSA) is 48.1 Å². The third-order valence-electron chi connectivity index (χ3n) is 3.89. The highest BCUT2D eigenvalue weighted by atomic mass is 19.1. The molecular weight excluding hydrogens is 274 g/mol. The van der Waals surface area contributed by atoms with Crippen molar-refractivity contribution >= 4 is 0 Å². The average molecular weight is 290 g/mol. The lowest BCUT2D eigenvalue weighted by Crippen LogP contribution is -2.22. The zero-order valence-electron chi connectivity index (χ0n) is 11.5. The fourth-order valence-corrected chi connectivity index (χ4v) is 2.18. The molecule has 1 aromatic heterocycles. The van der Waals surface area contributed by atoms with Crippen molar-refractivity contribution in [1.29, 1.82) is 0 Å². The van der Waals surface area contributed by atoms with Crippen molar-refractivity contribution in [2.24, 2.45) is 11.1 Å². The van der Waals surface area contributed by atoms with E-state index in [1.807, 2.05) is 0 Å². The van der Waals surface area contributed by atoms with Crippen LogP contribution in [0.3, 0.4) is 0 Å². The molecule has 0 spiro atoms. The third-order valence-corrected chi connectivity index (χ3v) is 3.89. The van der Waals surface area contributed by atoms with Crippen LogP contribution in [0.2, 0.25) is 0 Å². The SMILES string of the molecule is NCC1(COc2cncc(-c3cc(F)ccc3F)c2)CC1. The van der Waals surface area contributed by atoms with Crippen LogP contribution in [0.15, 0.2) is 36.7 Å². The number of pyridine rings is 1. The van der Waals surface area contributed by atoms with Crippen molar-refractivity contribution in [3.05, 3.63) is 48.3 Å². The molecule has 21 heavy (non-hydrogen) atoms. The molecule has 1 heterocycles. The number of aromatic nitrogens is 1. The average Bonchev–Trinajstić information content (AvgIpc) is 3.29. The van der Waals surface area contributed by atoms with Crippen LogP contribution in [0.5, 0.6) is 5.75 Å². The van der Waals surface area contributed by atoms with Gasteiger partial charge >= 0.3 is 0 Å². The number of halogens is 2. The summed E-state index contributed by atoms with van der Waals surface area (Å²) >= 11 is 0. The van der Waals surface area contributed by atoms with Gasteiger partial charge in [-0.25, -0.2) is 8.78 Å². The molecule has 0 saturated heterocycles. The first-order valence-electron chi connectivity index (χ1n) is 6.85. The standard InChI is InChI=1S/C16H16F2N2O/c17-12-1-2-15(18)14(6-12)11-5-13(8-20-7-11)21-10-16(9-19)3-4-16/h1-2,5-8H,3-4,9-10,19H2. The number of rotatable bonds is 5. The number of ether oxygens (including phenoxy) is 1. The van der Waals surface area contributed by atoms with E-state index >= 15 is 0 Å². The van der Waals surface area contributed by atoms with E-state index in [9.17, 15) is 8.78 Å². The summed E-state index contributed by atoms with van der Waals surface area (Å²) in [4.78, 5) is 4.03. The number of nitrogens with zero attached hydrogens (tertiary/aromatic N) is 1. The molecule has 1 aliphatic carbocycles. The summed E-state index contributed by atoms with van der Waals surface area (Å²) in [6.07, 6.45) is 5.18. The highest BCUT2D eigenvalue weighted by Crippen LogP contribution is 2.44. The predicted molar refractivity (Wildman–Crippen MR) is 75.8 cm³/mol. The van der Waals surface area contributed by atoms with Crippen molar-refractivity contribution in [2.75, 3.05) is 13.2 Å². The minimum Gasteiger partial charge on any atom is -0.491 e. The van der Waals surface area contributed by atoms with Gasteiger partial charge in [0.05, 0.1) is 12.8 Å². The quantitative estimate of drug-likeness (QED) is 0.920. The van der Waals surface area contributed by atoms with Gasteiger partial charge in [-0.05, 0) is 37.1 Å². The van der Waals surface area contributed by atoms with E-state index in [-0.39, 0.29) is 11.0 Å². The minimum atomic E-state index is -0.490. The van der Waals surface area contributed by atoms with Gasteiger partial charge in [-0.15, -0.1) is 0 Å². The molecule has 1 aliphatic rings. The van der Waals surface area contributed by atoms with Crippen molar-refractivity contribution in [3.8, 4) is 16.9 Å². The molecule has 3 rings (SSSR count). The zero-order valence-corrected chi connectivity index (χ0v) is 11.5. The second-order valence-electron chi connectivity index (χ2n) is 5.53. The lowest BCUT2D eigenvalue weighted by Gasteiger charge is -2.14. The van der Waals surface area contributed by atoms with Crippen LogP contribution >= 0.6 is 0 Å². The molecular formula is C16H16F2N2O. The maximum atomic E-state index is 13.8. The van der Waals surface area contributed by atoms with E-state index in [0.717, 1.165) is 31.0 Å². The first kappa shape index (κ1) is 13.9. The summed E-state index contributed by atoms with van der Waals surface area (Å²) < 4.78 is 32.7. The summed E-state index contributed by atoms with van der Waals surface area (Å²) in [7, 11) is 0. The van der Waals surface area contributed by atoms with Crippen molar-refractivity contribution < 1.29 is 13.5 Å². The molecule has 5 heteroatoms. The van der Waals surface area contributed by atoms with E-state index < -0.39 is 11.6 Å². The molecule has 3 nitrogen and oxygen atoms in total. The van der Waals surface area contributed by atoms with E-state index in [2.05, 4.69) is 4.98 Å². The number of hydrogen-bond acceptors (Lipinski definition) is 3. The Morgan fingerprint density at radius 3 is 2.71 bits per heavy atom. The number of nitrogens with two attached hydrogens (primary N) is 1. The Labute approximate surface area is 121 Å². The normalized spacial score (nSPS) is 15.8. The number of hydrogen-bond donors (Lipinski definition) is 1. The van der Waals surface area contributed by atoms with Crippen LogP contribution in [0, 0.1) is 17.0 Å². The van der Waals surface area contributed by atoms with Crippen LogP contribution in [0.25, 0.3) is 11.1 Å². The fourth-order valence-electron chi connectivity index (χ4n) is 2.18. The lowest BCUT2D eigenvalue weighted by molar-refractivity contribution is 0.238. The van der Waals surface area contributed by atoms with Gasteiger partial charge in [-0.2, -0.15) is 0 Å². The van der Waals surface area contributed by atoms with E-state index in [1.54, 1.807) is 12.3 Å². The highest BCUT2D eigenvalue weighted by Gasteiger charge is 2.42. The Bertz CT molecular complexity index is 656. The summed E-state index contributed by atoms with van der Waals surface area (Å²) in [5, 5.41) is 0. The van der Waals surface area contributed by atoms with Gasteiger partial charge in [0.15, 0.2) is 0 Å². The molecule has 2 aromatic rings. The monoisotopic (exact) mass is 290 g/mol. The van der Waals surface area contributed by atoms with Gasteiger partial charge in [-0.1, -0.05) is 0 Å². The minimum absolute atomic E-state index is 0.0834. The van der Waals surface area contributed by atoms with Crippen LogP contribution in [-0.4, -0.2) is 18.1 Å². The van der Waals surface area contributed by atoms with Crippen molar-refractivity contribution in [2.45, 2.75) is 12.8 Å². The smallest absolute Gasteiger partial charge is 0.138 e. The Kier molecular flexibility index (Phi) is 3.59. The fraction of sp³-hybridized carbons (Fsp3) is 0.312. The third kappa shape index (κ3) is 3.03. The molecule has 0 radical (unpaired) electrons. The Morgan fingerprint density at radius 1 is 1.19 bits per heavy atom. The summed E-state index contributed by atoms with van der Waals surface area (Å²) in [6, 6.07) is 5.01. The van der Waals surface area contributed by atoms with Crippen LogP contribution in [0.1, 0.15) is 12.8 Å². The largest absolute Gasteiger partial charge is 0.491 e. The first-order valence-corrected chi connectivity index (χ1v) is 6.85. The van der Waals surface area contributed by atoms with Gasteiger partial charge in [0.2, 0.25) is 0 Å². The second kappa shape index (κ2) is 5.41. The van der Waals surface area contributed by atoms with Crippen LogP contribution in [-0.2, 0) is 0 Å². The van der Waals surface area contributed by atoms with Crippen LogP contribution < -0.4 is 10.5 Å². The predicted octanol–water partition coefficient (Wildman–Crippen LogP) is 3.14. The summed E-state index contributed by atoms with van der Waals surface area (Å²) in [5.41, 5.74) is 6.45. The summed E-state index contributed by atoms with van der Waals surface area (Å²) in [5.74, 6) is -0.440. The van der Waals surface area contributed by atoms with E-state index in [1.165, 1.54) is 6.20 Å². The molecule has 1 saturated carbocycles. The van der Waals surface area contributed by atoms with Gasteiger partial charge in [0, 0.05) is 29.3 Å². The molecule has 1 aromatic carbocycles. The Hall–Kier alpha value is -2.01. The number of benzene rings is 1. The highest BCUT2D eigenvalue weighted by molar-refractivity contribution is 5.64. The molecule has 1 fully saturated rings. The molecule has 0 amide bonds. The Balaban J connectivity index is 1.81. The molecule has 0 aliphatic heterocycles. The summed E-state index contributed by atoms with van der Waals surface area (Å²) in [6.45, 7) is 1.12. The molecule has 2 N–H and O–H groups in total. The maximum Gasteiger partial charge on any atom is 0.138 e.